The predicted octanol–water partition coefficient (Wildman–Crippen LogP) is 1.79. The molecule has 0 bridgehead atoms. The van der Waals surface area contributed by atoms with Gasteiger partial charge in [0.2, 0.25) is 15.8 Å². The highest BCUT2D eigenvalue weighted by molar-refractivity contribution is 7.89. The summed E-state index contributed by atoms with van der Waals surface area (Å²) in [5.74, 6) is -1.64. The van der Waals surface area contributed by atoms with E-state index in [0.717, 1.165) is 6.07 Å². The van der Waals surface area contributed by atoms with E-state index in [0.29, 0.717) is 0 Å². The fourth-order valence-electron chi connectivity index (χ4n) is 1.90. The number of aryl methyl sites for hydroxylation is 1. The second-order valence-corrected chi connectivity index (χ2v) is 6.32. The van der Waals surface area contributed by atoms with Gasteiger partial charge >= 0.3 is 5.69 Å². The molecule has 1 aromatic carbocycles. The first-order chi connectivity index (χ1) is 9.61. The maximum Gasteiger partial charge on any atom is 0.309 e. The molecule has 0 aliphatic rings. The van der Waals surface area contributed by atoms with Crippen LogP contribution in [0.3, 0.4) is 0 Å². The molecule has 0 saturated carbocycles. The minimum atomic E-state index is -4.07. The number of halogens is 1. The third-order valence-electron chi connectivity index (χ3n) is 2.87. The molecule has 1 atom stereocenters. The number of sulfonamides is 1. The number of nitro groups is 1. The van der Waals surface area contributed by atoms with Gasteiger partial charge in [-0.25, -0.2) is 13.1 Å². The lowest BCUT2D eigenvalue weighted by atomic mass is 10.1. The molecule has 0 spiro atoms. The fraction of sp³-hybridized carbons (Fsp3) is 0.417. The average molecular weight is 315 g/mol. The SMILES string of the molecule is Cc1cc(F)c([N+](=O)[O-])c(C)c1S(=O)(=O)NCC(C)C#N. The highest BCUT2D eigenvalue weighted by Crippen LogP contribution is 2.31. The van der Waals surface area contributed by atoms with Crippen molar-refractivity contribution in [2.75, 3.05) is 6.54 Å². The molecule has 1 unspecified atom stereocenters. The molecule has 114 valence electrons. The Bertz CT molecular complexity index is 725. The maximum absolute atomic E-state index is 13.6. The van der Waals surface area contributed by atoms with Crippen molar-refractivity contribution in [1.82, 2.24) is 4.72 Å². The van der Waals surface area contributed by atoms with Gasteiger partial charge < -0.3 is 0 Å². The van der Waals surface area contributed by atoms with Gasteiger partial charge in [0.25, 0.3) is 0 Å². The van der Waals surface area contributed by atoms with Gasteiger partial charge in [0.15, 0.2) is 0 Å². The standard InChI is InChI=1S/C12H14FN3O4S/c1-7(5-14)6-15-21(19,20)12-8(2)4-10(13)11(9(12)3)16(17)18/h4,7,15H,6H2,1-3H3. The maximum atomic E-state index is 13.6. The fourth-order valence-corrected chi connectivity index (χ4v) is 3.49. The van der Waals surface area contributed by atoms with Crippen LogP contribution in [0, 0.1) is 47.0 Å². The minimum absolute atomic E-state index is 0.0627. The van der Waals surface area contributed by atoms with Gasteiger partial charge in [-0.15, -0.1) is 0 Å². The summed E-state index contributed by atoms with van der Waals surface area (Å²) in [6.07, 6.45) is 0. The summed E-state index contributed by atoms with van der Waals surface area (Å²) in [6.45, 7) is 3.91. The molecule has 21 heavy (non-hydrogen) atoms. The molecule has 0 heterocycles. The van der Waals surface area contributed by atoms with E-state index in [1.54, 1.807) is 0 Å². The van der Waals surface area contributed by atoms with Crippen molar-refractivity contribution in [2.45, 2.75) is 25.7 Å². The van der Waals surface area contributed by atoms with Crippen molar-refractivity contribution < 1.29 is 17.7 Å². The molecule has 0 aromatic heterocycles. The summed E-state index contributed by atoms with van der Waals surface area (Å²) in [5, 5.41) is 19.5. The van der Waals surface area contributed by atoms with Crippen LogP contribution in [0.25, 0.3) is 0 Å². The van der Waals surface area contributed by atoms with Gasteiger partial charge in [0.1, 0.15) is 0 Å². The van der Waals surface area contributed by atoms with Crippen LogP contribution in [-0.4, -0.2) is 19.9 Å². The van der Waals surface area contributed by atoms with Gasteiger partial charge in [0.05, 0.1) is 27.4 Å². The summed E-state index contributed by atoms with van der Waals surface area (Å²) in [5.41, 5.74) is -1.07. The zero-order chi connectivity index (χ0) is 16.4. The lowest BCUT2D eigenvalue weighted by molar-refractivity contribution is -0.388. The van der Waals surface area contributed by atoms with Crippen LogP contribution in [0.15, 0.2) is 11.0 Å². The molecular formula is C12H14FN3O4S. The highest BCUT2D eigenvalue weighted by Gasteiger charge is 2.29. The predicted molar refractivity (Wildman–Crippen MR) is 72.5 cm³/mol. The molecule has 0 aliphatic carbocycles. The number of rotatable bonds is 5. The Kier molecular flexibility index (Phi) is 4.98. The summed E-state index contributed by atoms with van der Waals surface area (Å²) in [7, 11) is -4.07. The number of hydrogen-bond acceptors (Lipinski definition) is 5. The van der Waals surface area contributed by atoms with Gasteiger partial charge in [0, 0.05) is 6.54 Å². The van der Waals surface area contributed by atoms with E-state index in [2.05, 4.69) is 4.72 Å². The van der Waals surface area contributed by atoms with Crippen LogP contribution in [0.2, 0.25) is 0 Å². The van der Waals surface area contributed by atoms with Crippen LogP contribution >= 0.6 is 0 Å². The van der Waals surface area contributed by atoms with Crippen molar-refractivity contribution in [3.63, 3.8) is 0 Å². The van der Waals surface area contributed by atoms with Crippen LogP contribution in [0.1, 0.15) is 18.1 Å². The number of nitrogens with zero attached hydrogens (tertiary/aromatic N) is 2. The second-order valence-electron chi connectivity index (χ2n) is 4.62. The van der Waals surface area contributed by atoms with Crippen molar-refractivity contribution in [1.29, 1.82) is 5.26 Å². The normalized spacial score (nSPS) is 12.7. The molecule has 7 nitrogen and oxygen atoms in total. The number of nitro benzene ring substituents is 1. The first-order valence-corrected chi connectivity index (χ1v) is 7.43. The van der Waals surface area contributed by atoms with E-state index < -0.39 is 32.4 Å². The minimum Gasteiger partial charge on any atom is -0.258 e. The third kappa shape index (κ3) is 3.53. The molecule has 1 aromatic rings. The molecule has 0 radical (unpaired) electrons. The summed E-state index contributed by atoms with van der Waals surface area (Å²) in [4.78, 5) is 9.56. The third-order valence-corrected chi connectivity index (χ3v) is 4.59. The Balaban J connectivity index is 3.40. The lowest BCUT2D eigenvalue weighted by Crippen LogP contribution is -2.29. The zero-order valence-electron chi connectivity index (χ0n) is 11.7. The van der Waals surface area contributed by atoms with E-state index in [1.165, 1.54) is 20.8 Å². The van der Waals surface area contributed by atoms with E-state index in [4.69, 9.17) is 5.26 Å². The van der Waals surface area contributed by atoms with Crippen LogP contribution in [0.4, 0.5) is 10.1 Å². The van der Waals surface area contributed by atoms with E-state index in [-0.39, 0.29) is 22.6 Å². The molecule has 0 fully saturated rings. The Labute approximate surface area is 121 Å². The van der Waals surface area contributed by atoms with Crippen LogP contribution < -0.4 is 4.72 Å². The molecule has 0 saturated heterocycles. The van der Waals surface area contributed by atoms with E-state index >= 15 is 0 Å². The second kappa shape index (κ2) is 6.15. The molecule has 1 rings (SSSR count). The smallest absolute Gasteiger partial charge is 0.258 e. The summed E-state index contributed by atoms with van der Waals surface area (Å²) < 4.78 is 40.2. The van der Waals surface area contributed by atoms with Crippen LogP contribution in [0.5, 0.6) is 0 Å². The van der Waals surface area contributed by atoms with E-state index in [9.17, 15) is 22.9 Å². The molecule has 1 N–H and O–H groups in total. The summed E-state index contributed by atoms with van der Waals surface area (Å²) >= 11 is 0. The Morgan fingerprint density at radius 1 is 1.52 bits per heavy atom. The number of nitriles is 1. The first kappa shape index (κ1) is 17.0. The van der Waals surface area contributed by atoms with Crippen molar-refractivity contribution in [3.05, 3.63) is 33.1 Å². The molecular weight excluding hydrogens is 301 g/mol. The van der Waals surface area contributed by atoms with Gasteiger partial charge in [-0.1, -0.05) is 0 Å². The Hall–Kier alpha value is -2.05. The highest BCUT2D eigenvalue weighted by atomic mass is 32.2. The molecule has 0 aliphatic heterocycles. The first-order valence-electron chi connectivity index (χ1n) is 5.95. The van der Waals surface area contributed by atoms with E-state index in [1.807, 2.05) is 6.07 Å². The largest absolute Gasteiger partial charge is 0.309 e. The van der Waals surface area contributed by atoms with Crippen molar-refractivity contribution in [2.24, 2.45) is 5.92 Å². The topological polar surface area (TPSA) is 113 Å². The van der Waals surface area contributed by atoms with Crippen molar-refractivity contribution in [3.8, 4) is 6.07 Å². The number of hydrogen-bond donors (Lipinski definition) is 1. The molecule has 9 heteroatoms. The Morgan fingerprint density at radius 2 is 2.10 bits per heavy atom. The summed E-state index contributed by atoms with van der Waals surface area (Å²) in [6, 6.07) is 2.67. The van der Waals surface area contributed by atoms with Gasteiger partial charge in [-0.05, 0) is 32.4 Å². The monoisotopic (exact) mass is 315 g/mol. The quantitative estimate of drug-likeness (QED) is 0.657. The van der Waals surface area contributed by atoms with Gasteiger partial charge in [-0.2, -0.15) is 9.65 Å². The molecule has 0 amide bonds. The van der Waals surface area contributed by atoms with Gasteiger partial charge in [-0.3, -0.25) is 10.1 Å². The lowest BCUT2D eigenvalue weighted by Gasteiger charge is -2.13. The average Bonchev–Trinajstić information content (AvgIpc) is 2.34. The Morgan fingerprint density at radius 3 is 2.57 bits per heavy atom. The van der Waals surface area contributed by atoms with Crippen LogP contribution in [-0.2, 0) is 10.0 Å². The van der Waals surface area contributed by atoms with Crippen molar-refractivity contribution >= 4 is 15.7 Å². The zero-order valence-corrected chi connectivity index (χ0v) is 12.5. The number of benzene rings is 1. The number of nitrogens with one attached hydrogen (secondary N) is 1.